The van der Waals surface area contributed by atoms with Gasteiger partial charge in [-0.05, 0) is 49.4 Å². The number of hydrogen-bond donors (Lipinski definition) is 1. The summed E-state index contributed by atoms with van der Waals surface area (Å²) in [6, 6.07) is 8.68. The van der Waals surface area contributed by atoms with Gasteiger partial charge in [-0.15, -0.1) is 0 Å². The van der Waals surface area contributed by atoms with Crippen molar-refractivity contribution in [3.05, 3.63) is 35.4 Å². The van der Waals surface area contributed by atoms with Crippen molar-refractivity contribution < 1.29 is 14.7 Å². The lowest BCUT2D eigenvalue weighted by Gasteiger charge is -2.32. The Labute approximate surface area is 123 Å². The Morgan fingerprint density at radius 2 is 1.86 bits per heavy atom. The highest BCUT2D eigenvalue weighted by molar-refractivity contribution is 5.94. The minimum atomic E-state index is -0.758. The van der Waals surface area contributed by atoms with Crippen molar-refractivity contribution in [1.82, 2.24) is 4.90 Å². The van der Waals surface area contributed by atoms with Crippen molar-refractivity contribution in [2.24, 2.45) is 5.92 Å². The van der Waals surface area contributed by atoms with E-state index < -0.39 is 5.97 Å². The standard InChI is InChI=1S/C16H18N2O3/c17-11-13-1-4-14(5-2-13)16(21)18-9-7-12(8-10-18)3-6-15(19)20/h1-2,4-5,12H,3,6-10H2,(H,19,20). The average Bonchev–Trinajstić information content (AvgIpc) is 2.53. The second-order valence-electron chi connectivity index (χ2n) is 5.36. The summed E-state index contributed by atoms with van der Waals surface area (Å²) < 4.78 is 0. The Balaban J connectivity index is 1.88. The maximum absolute atomic E-state index is 12.3. The van der Waals surface area contributed by atoms with E-state index in [0.717, 1.165) is 12.8 Å². The summed E-state index contributed by atoms with van der Waals surface area (Å²) >= 11 is 0. The van der Waals surface area contributed by atoms with E-state index in [1.165, 1.54) is 0 Å². The van der Waals surface area contributed by atoms with Crippen LogP contribution in [0.25, 0.3) is 0 Å². The average molecular weight is 286 g/mol. The number of carbonyl (C=O) groups excluding carboxylic acids is 1. The molecular weight excluding hydrogens is 268 g/mol. The minimum absolute atomic E-state index is 0.0174. The van der Waals surface area contributed by atoms with Crippen LogP contribution in [0.2, 0.25) is 0 Å². The van der Waals surface area contributed by atoms with Gasteiger partial charge in [0.2, 0.25) is 0 Å². The summed E-state index contributed by atoms with van der Waals surface area (Å²) in [6.07, 6.45) is 2.60. The second-order valence-corrected chi connectivity index (χ2v) is 5.36. The topological polar surface area (TPSA) is 81.4 Å². The van der Waals surface area contributed by atoms with E-state index in [9.17, 15) is 9.59 Å². The molecule has 1 heterocycles. The number of carboxylic acid groups (broad SMARTS) is 1. The van der Waals surface area contributed by atoms with Crippen LogP contribution in [0.4, 0.5) is 0 Å². The van der Waals surface area contributed by atoms with E-state index in [4.69, 9.17) is 10.4 Å². The molecule has 1 amide bonds. The number of rotatable bonds is 4. The number of nitrogens with zero attached hydrogens (tertiary/aromatic N) is 2. The number of likely N-dealkylation sites (tertiary alicyclic amines) is 1. The lowest BCUT2D eigenvalue weighted by molar-refractivity contribution is -0.137. The first-order chi connectivity index (χ1) is 10.1. The van der Waals surface area contributed by atoms with Crippen LogP contribution in [0.5, 0.6) is 0 Å². The molecule has 1 aliphatic rings. The lowest BCUT2D eigenvalue weighted by Crippen LogP contribution is -2.38. The van der Waals surface area contributed by atoms with Crippen molar-refractivity contribution in [1.29, 1.82) is 5.26 Å². The SMILES string of the molecule is N#Cc1ccc(C(=O)N2CCC(CCC(=O)O)CC2)cc1. The molecule has 1 aromatic carbocycles. The van der Waals surface area contributed by atoms with E-state index in [2.05, 4.69) is 0 Å². The Morgan fingerprint density at radius 3 is 2.38 bits per heavy atom. The Bertz CT molecular complexity index is 552. The van der Waals surface area contributed by atoms with Crippen LogP contribution in [-0.2, 0) is 4.79 Å². The number of benzene rings is 1. The summed E-state index contributed by atoms with van der Waals surface area (Å²) in [7, 11) is 0. The summed E-state index contributed by atoms with van der Waals surface area (Å²) in [4.78, 5) is 24.7. The first-order valence-corrected chi connectivity index (χ1v) is 7.11. The fourth-order valence-corrected chi connectivity index (χ4v) is 2.62. The largest absolute Gasteiger partial charge is 0.481 e. The van der Waals surface area contributed by atoms with Crippen LogP contribution >= 0.6 is 0 Å². The van der Waals surface area contributed by atoms with Crippen LogP contribution in [0.3, 0.4) is 0 Å². The Morgan fingerprint density at radius 1 is 1.24 bits per heavy atom. The number of amides is 1. The molecule has 0 unspecified atom stereocenters. The van der Waals surface area contributed by atoms with Crippen LogP contribution in [0.1, 0.15) is 41.6 Å². The van der Waals surface area contributed by atoms with Gasteiger partial charge in [0.1, 0.15) is 0 Å². The fourth-order valence-electron chi connectivity index (χ4n) is 2.62. The predicted molar refractivity (Wildman–Crippen MR) is 76.7 cm³/mol. The zero-order valence-electron chi connectivity index (χ0n) is 11.8. The number of piperidine rings is 1. The summed E-state index contributed by atoms with van der Waals surface area (Å²) in [6.45, 7) is 1.34. The molecule has 0 bridgehead atoms. The first kappa shape index (κ1) is 15.0. The molecule has 21 heavy (non-hydrogen) atoms. The van der Waals surface area contributed by atoms with Gasteiger partial charge in [-0.25, -0.2) is 0 Å². The third kappa shape index (κ3) is 4.06. The quantitative estimate of drug-likeness (QED) is 0.920. The van der Waals surface area contributed by atoms with E-state index in [1.54, 1.807) is 29.2 Å². The van der Waals surface area contributed by atoms with Gasteiger partial charge in [-0.1, -0.05) is 0 Å². The molecule has 0 radical (unpaired) electrons. The van der Waals surface area contributed by atoms with Gasteiger partial charge in [0, 0.05) is 25.1 Å². The minimum Gasteiger partial charge on any atom is -0.481 e. The van der Waals surface area contributed by atoms with Crippen molar-refractivity contribution in [2.45, 2.75) is 25.7 Å². The third-order valence-corrected chi connectivity index (χ3v) is 3.93. The van der Waals surface area contributed by atoms with Gasteiger partial charge in [0.05, 0.1) is 11.6 Å². The molecule has 5 heteroatoms. The molecule has 5 nitrogen and oxygen atoms in total. The van der Waals surface area contributed by atoms with Crippen LogP contribution < -0.4 is 0 Å². The Hall–Kier alpha value is -2.35. The summed E-state index contributed by atoms with van der Waals surface area (Å²) in [5.41, 5.74) is 1.14. The number of carboxylic acids is 1. The van der Waals surface area contributed by atoms with Crippen LogP contribution in [0, 0.1) is 17.2 Å². The molecule has 1 aliphatic heterocycles. The molecule has 0 atom stereocenters. The molecule has 1 saturated heterocycles. The predicted octanol–water partition coefficient (Wildman–Crippen LogP) is 2.28. The van der Waals surface area contributed by atoms with E-state index in [1.807, 2.05) is 6.07 Å². The van der Waals surface area contributed by atoms with E-state index in [0.29, 0.717) is 36.6 Å². The normalized spacial score (nSPS) is 15.5. The molecule has 1 N–H and O–H groups in total. The smallest absolute Gasteiger partial charge is 0.303 e. The van der Waals surface area contributed by atoms with E-state index >= 15 is 0 Å². The third-order valence-electron chi connectivity index (χ3n) is 3.93. The molecule has 1 fully saturated rings. The van der Waals surface area contributed by atoms with Gasteiger partial charge < -0.3 is 10.0 Å². The maximum Gasteiger partial charge on any atom is 0.303 e. The molecule has 2 rings (SSSR count). The summed E-state index contributed by atoms with van der Waals surface area (Å²) in [5.74, 6) is -0.381. The van der Waals surface area contributed by atoms with Gasteiger partial charge in [0.25, 0.3) is 5.91 Å². The highest BCUT2D eigenvalue weighted by Crippen LogP contribution is 2.23. The van der Waals surface area contributed by atoms with Crippen molar-refractivity contribution >= 4 is 11.9 Å². The highest BCUT2D eigenvalue weighted by Gasteiger charge is 2.23. The Kier molecular flexibility index (Phi) is 4.94. The van der Waals surface area contributed by atoms with Gasteiger partial charge in [0.15, 0.2) is 0 Å². The highest BCUT2D eigenvalue weighted by atomic mass is 16.4. The fraction of sp³-hybridized carbons (Fsp3) is 0.438. The second kappa shape index (κ2) is 6.89. The molecular formula is C16H18N2O3. The number of carbonyl (C=O) groups is 2. The van der Waals surface area contributed by atoms with Crippen molar-refractivity contribution in [2.75, 3.05) is 13.1 Å². The van der Waals surface area contributed by atoms with Gasteiger partial charge in [-0.2, -0.15) is 5.26 Å². The molecule has 0 saturated carbocycles. The first-order valence-electron chi connectivity index (χ1n) is 7.11. The van der Waals surface area contributed by atoms with Gasteiger partial charge in [-0.3, -0.25) is 9.59 Å². The van der Waals surface area contributed by atoms with E-state index in [-0.39, 0.29) is 12.3 Å². The molecule has 0 aliphatic carbocycles. The van der Waals surface area contributed by atoms with Crippen LogP contribution in [0.15, 0.2) is 24.3 Å². The molecule has 0 aromatic heterocycles. The maximum atomic E-state index is 12.3. The number of nitriles is 1. The number of aliphatic carboxylic acids is 1. The zero-order chi connectivity index (χ0) is 15.2. The van der Waals surface area contributed by atoms with Crippen molar-refractivity contribution in [3.8, 4) is 6.07 Å². The zero-order valence-corrected chi connectivity index (χ0v) is 11.8. The molecule has 110 valence electrons. The lowest BCUT2D eigenvalue weighted by atomic mass is 9.92. The van der Waals surface area contributed by atoms with Crippen molar-refractivity contribution in [3.63, 3.8) is 0 Å². The molecule has 1 aromatic rings. The summed E-state index contributed by atoms with van der Waals surface area (Å²) in [5, 5.41) is 17.4. The van der Waals surface area contributed by atoms with Gasteiger partial charge >= 0.3 is 5.97 Å². The van der Waals surface area contributed by atoms with Crippen LogP contribution in [-0.4, -0.2) is 35.0 Å². The molecule has 0 spiro atoms. The number of hydrogen-bond acceptors (Lipinski definition) is 3. The monoisotopic (exact) mass is 286 g/mol.